The zero-order valence-electron chi connectivity index (χ0n) is 11.6. The van der Waals surface area contributed by atoms with Crippen LogP contribution in [-0.4, -0.2) is 11.8 Å². The van der Waals surface area contributed by atoms with Crippen LogP contribution in [0.25, 0.3) is 0 Å². The van der Waals surface area contributed by atoms with Gasteiger partial charge in [-0.05, 0) is 29.8 Å². The van der Waals surface area contributed by atoms with E-state index in [-0.39, 0.29) is 29.5 Å². The van der Waals surface area contributed by atoms with Crippen LogP contribution in [0.5, 0.6) is 0 Å². The number of hydrogen-bond donors (Lipinski definition) is 2. The Morgan fingerprint density at radius 1 is 1.18 bits per heavy atom. The summed E-state index contributed by atoms with van der Waals surface area (Å²) in [7, 11) is 0. The van der Waals surface area contributed by atoms with Gasteiger partial charge in [0.05, 0.1) is 6.42 Å². The second kappa shape index (κ2) is 7.04. The van der Waals surface area contributed by atoms with E-state index in [9.17, 15) is 14.0 Å². The monoisotopic (exact) mass is 320 g/mol. The molecule has 0 saturated carbocycles. The standard InChI is InChI=1S/C16H14ClFN2O2/c17-13-5-2-6-14(18)12(13)8-15(21)20-9-10-3-1-4-11(7-10)16(19)22/h1-7H,8-9H2,(H2,19,22)(H,20,21). The van der Waals surface area contributed by atoms with Crippen molar-refractivity contribution in [2.75, 3.05) is 0 Å². The maximum absolute atomic E-state index is 13.6. The lowest BCUT2D eigenvalue weighted by Gasteiger charge is -2.08. The van der Waals surface area contributed by atoms with Crippen LogP contribution in [0, 0.1) is 5.82 Å². The van der Waals surface area contributed by atoms with Gasteiger partial charge in [-0.25, -0.2) is 4.39 Å². The predicted molar refractivity (Wildman–Crippen MR) is 81.9 cm³/mol. The first-order chi connectivity index (χ1) is 10.5. The van der Waals surface area contributed by atoms with Gasteiger partial charge in [0.15, 0.2) is 0 Å². The maximum Gasteiger partial charge on any atom is 0.248 e. The van der Waals surface area contributed by atoms with E-state index in [2.05, 4.69) is 5.32 Å². The van der Waals surface area contributed by atoms with E-state index in [1.165, 1.54) is 18.2 Å². The molecule has 0 radical (unpaired) electrons. The Hall–Kier alpha value is -2.40. The van der Waals surface area contributed by atoms with Gasteiger partial charge < -0.3 is 11.1 Å². The molecular formula is C16H14ClFN2O2. The number of primary amides is 1. The molecule has 0 aliphatic carbocycles. The molecule has 0 spiro atoms. The third-order valence-corrected chi connectivity index (χ3v) is 3.45. The highest BCUT2D eigenvalue weighted by Gasteiger charge is 2.11. The highest BCUT2D eigenvalue weighted by molar-refractivity contribution is 6.31. The minimum absolute atomic E-state index is 0.152. The third kappa shape index (κ3) is 4.05. The molecule has 2 amide bonds. The maximum atomic E-state index is 13.6. The van der Waals surface area contributed by atoms with E-state index < -0.39 is 11.7 Å². The Kier molecular flexibility index (Phi) is 5.12. The zero-order chi connectivity index (χ0) is 16.1. The first-order valence-electron chi connectivity index (χ1n) is 6.55. The molecule has 0 aromatic heterocycles. The second-order valence-corrected chi connectivity index (χ2v) is 5.13. The van der Waals surface area contributed by atoms with E-state index in [1.807, 2.05) is 0 Å². The quantitative estimate of drug-likeness (QED) is 0.888. The van der Waals surface area contributed by atoms with Crippen molar-refractivity contribution in [1.29, 1.82) is 0 Å². The molecule has 0 unspecified atom stereocenters. The van der Waals surface area contributed by atoms with Crippen molar-refractivity contribution < 1.29 is 14.0 Å². The van der Waals surface area contributed by atoms with Crippen molar-refractivity contribution in [2.45, 2.75) is 13.0 Å². The van der Waals surface area contributed by atoms with Gasteiger partial charge >= 0.3 is 0 Å². The Morgan fingerprint density at radius 2 is 1.91 bits per heavy atom. The molecule has 0 fully saturated rings. The number of benzene rings is 2. The van der Waals surface area contributed by atoms with Gasteiger partial charge in [0.25, 0.3) is 0 Å². The van der Waals surface area contributed by atoms with Crippen molar-refractivity contribution in [2.24, 2.45) is 5.73 Å². The van der Waals surface area contributed by atoms with E-state index in [0.717, 1.165) is 5.56 Å². The highest BCUT2D eigenvalue weighted by Crippen LogP contribution is 2.19. The summed E-state index contributed by atoms with van der Waals surface area (Å²) in [6.45, 7) is 0.214. The summed E-state index contributed by atoms with van der Waals surface area (Å²) in [6.07, 6.45) is -0.152. The van der Waals surface area contributed by atoms with Gasteiger partial charge in [0.1, 0.15) is 5.82 Å². The summed E-state index contributed by atoms with van der Waals surface area (Å²) in [6, 6.07) is 10.9. The summed E-state index contributed by atoms with van der Waals surface area (Å²) in [5.74, 6) is -1.42. The molecule has 0 atom stereocenters. The summed E-state index contributed by atoms with van der Waals surface area (Å²) in [5, 5.41) is 2.87. The van der Waals surface area contributed by atoms with E-state index in [1.54, 1.807) is 24.3 Å². The van der Waals surface area contributed by atoms with Crippen LogP contribution in [0.3, 0.4) is 0 Å². The SMILES string of the molecule is NC(=O)c1cccc(CNC(=O)Cc2c(F)cccc2Cl)c1. The minimum atomic E-state index is -0.536. The third-order valence-electron chi connectivity index (χ3n) is 3.10. The van der Waals surface area contributed by atoms with E-state index in [0.29, 0.717) is 5.56 Å². The number of hydrogen-bond acceptors (Lipinski definition) is 2. The lowest BCUT2D eigenvalue weighted by atomic mass is 10.1. The average molecular weight is 321 g/mol. The van der Waals surface area contributed by atoms with Crippen molar-refractivity contribution in [1.82, 2.24) is 5.32 Å². The molecule has 0 aliphatic heterocycles. The lowest BCUT2D eigenvalue weighted by molar-refractivity contribution is -0.120. The van der Waals surface area contributed by atoms with Gasteiger partial charge in [-0.2, -0.15) is 0 Å². The first-order valence-corrected chi connectivity index (χ1v) is 6.93. The smallest absolute Gasteiger partial charge is 0.248 e. The fraction of sp³-hybridized carbons (Fsp3) is 0.125. The summed E-state index contributed by atoms with van der Waals surface area (Å²) < 4.78 is 13.6. The Balaban J connectivity index is 1.99. The van der Waals surface area contributed by atoms with Crippen LogP contribution in [0.1, 0.15) is 21.5 Å². The number of amides is 2. The van der Waals surface area contributed by atoms with Gasteiger partial charge in [-0.1, -0.05) is 29.8 Å². The molecule has 0 bridgehead atoms. The largest absolute Gasteiger partial charge is 0.366 e. The summed E-state index contributed by atoms with van der Waals surface area (Å²) in [5.41, 5.74) is 6.44. The van der Waals surface area contributed by atoms with Gasteiger partial charge in [0, 0.05) is 22.7 Å². The Morgan fingerprint density at radius 3 is 2.59 bits per heavy atom. The number of carbonyl (C=O) groups is 2. The molecule has 2 aromatic carbocycles. The van der Waals surface area contributed by atoms with Crippen molar-refractivity contribution >= 4 is 23.4 Å². The normalized spacial score (nSPS) is 10.3. The summed E-state index contributed by atoms with van der Waals surface area (Å²) in [4.78, 5) is 23.0. The van der Waals surface area contributed by atoms with Gasteiger partial charge in [-0.15, -0.1) is 0 Å². The molecule has 2 aromatic rings. The number of carbonyl (C=O) groups excluding carboxylic acids is 2. The number of nitrogens with two attached hydrogens (primary N) is 1. The molecule has 114 valence electrons. The molecule has 4 nitrogen and oxygen atoms in total. The van der Waals surface area contributed by atoms with E-state index >= 15 is 0 Å². The van der Waals surface area contributed by atoms with Crippen molar-refractivity contribution in [3.8, 4) is 0 Å². The highest BCUT2D eigenvalue weighted by atomic mass is 35.5. The number of nitrogens with one attached hydrogen (secondary N) is 1. The Bertz CT molecular complexity index is 699. The van der Waals surface area contributed by atoms with Crippen LogP contribution < -0.4 is 11.1 Å². The van der Waals surface area contributed by atoms with Gasteiger partial charge in [-0.3, -0.25) is 9.59 Å². The Labute approximate surface area is 132 Å². The zero-order valence-corrected chi connectivity index (χ0v) is 12.4. The van der Waals surface area contributed by atoms with Crippen LogP contribution >= 0.6 is 11.6 Å². The number of rotatable bonds is 5. The first kappa shape index (κ1) is 16.0. The molecule has 3 N–H and O–H groups in total. The van der Waals surface area contributed by atoms with Crippen LogP contribution in [0.4, 0.5) is 4.39 Å². The molecule has 22 heavy (non-hydrogen) atoms. The molecule has 6 heteroatoms. The average Bonchev–Trinajstić information content (AvgIpc) is 2.49. The van der Waals surface area contributed by atoms with Gasteiger partial charge in [0.2, 0.25) is 11.8 Å². The molecular weight excluding hydrogens is 307 g/mol. The fourth-order valence-electron chi connectivity index (χ4n) is 1.96. The second-order valence-electron chi connectivity index (χ2n) is 4.72. The molecule has 2 rings (SSSR count). The topological polar surface area (TPSA) is 72.2 Å². The van der Waals surface area contributed by atoms with Crippen molar-refractivity contribution in [3.63, 3.8) is 0 Å². The van der Waals surface area contributed by atoms with Crippen molar-refractivity contribution in [3.05, 3.63) is 70.0 Å². The van der Waals surface area contributed by atoms with Crippen LogP contribution in [0.2, 0.25) is 5.02 Å². The molecule has 0 heterocycles. The minimum Gasteiger partial charge on any atom is -0.366 e. The predicted octanol–water partition coefficient (Wildman–Crippen LogP) is 2.44. The van der Waals surface area contributed by atoms with E-state index in [4.69, 9.17) is 17.3 Å². The number of halogens is 2. The lowest BCUT2D eigenvalue weighted by Crippen LogP contribution is -2.25. The van der Waals surface area contributed by atoms with Crippen LogP contribution in [-0.2, 0) is 17.8 Å². The fourth-order valence-corrected chi connectivity index (χ4v) is 2.19. The molecule has 0 aliphatic rings. The van der Waals surface area contributed by atoms with Crippen LogP contribution in [0.15, 0.2) is 42.5 Å². The molecule has 0 saturated heterocycles. The summed E-state index contributed by atoms with van der Waals surface area (Å²) >= 11 is 5.88.